The minimum atomic E-state index is -1.14. The summed E-state index contributed by atoms with van der Waals surface area (Å²) in [7, 11) is 1.55. The van der Waals surface area contributed by atoms with E-state index in [0.717, 1.165) is 0 Å². The first-order chi connectivity index (χ1) is 15.1. The van der Waals surface area contributed by atoms with Gasteiger partial charge in [-0.3, -0.25) is 14.8 Å². The van der Waals surface area contributed by atoms with E-state index in [9.17, 15) is 9.59 Å². The van der Waals surface area contributed by atoms with Gasteiger partial charge in [0, 0.05) is 29.7 Å². The van der Waals surface area contributed by atoms with Gasteiger partial charge in [0.2, 0.25) is 6.10 Å². The monoisotopic (exact) mass is 413 g/mol. The summed E-state index contributed by atoms with van der Waals surface area (Å²) in [6, 6.07) is 20.7. The Morgan fingerprint density at radius 1 is 0.871 bits per heavy atom. The lowest BCUT2D eigenvalue weighted by Gasteiger charge is -2.18. The van der Waals surface area contributed by atoms with Crippen LogP contribution in [0.3, 0.4) is 0 Å². The SMILES string of the molecule is COc1cccc(NC(=O)[C@@H](OC(=O)c2ccc3nccnc3c2)c2ccccc2)c1. The normalized spacial score (nSPS) is 11.5. The van der Waals surface area contributed by atoms with Crippen molar-refractivity contribution in [1.29, 1.82) is 0 Å². The van der Waals surface area contributed by atoms with E-state index in [-0.39, 0.29) is 5.56 Å². The summed E-state index contributed by atoms with van der Waals surface area (Å²) < 4.78 is 10.8. The molecule has 1 aromatic heterocycles. The van der Waals surface area contributed by atoms with Gasteiger partial charge in [0.1, 0.15) is 5.75 Å². The van der Waals surface area contributed by atoms with Crippen LogP contribution >= 0.6 is 0 Å². The maximum Gasteiger partial charge on any atom is 0.339 e. The summed E-state index contributed by atoms with van der Waals surface area (Å²) in [4.78, 5) is 34.3. The van der Waals surface area contributed by atoms with Crippen LogP contribution in [0.4, 0.5) is 5.69 Å². The molecule has 0 aliphatic carbocycles. The lowest BCUT2D eigenvalue weighted by molar-refractivity contribution is -0.125. The second-order valence-electron chi connectivity index (χ2n) is 6.68. The number of rotatable bonds is 6. The van der Waals surface area contributed by atoms with E-state index in [0.29, 0.717) is 28.0 Å². The molecule has 0 unspecified atom stereocenters. The number of hydrogen-bond donors (Lipinski definition) is 1. The van der Waals surface area contributed by atoms with E-state index in [2.05, 4.69) is 15.3 Å². The van der Waals surface area contributed by atoms with E-state index in [1.54, 1.807) is 86.2 Å². The number of fused-ring (bicyclic) bond motifs is 1. The number of carbonyl (C=O) groups is 2. The number of hydrogen-bond acceptors (Lipinski definition) is 6. The summed E-state index contributed by atoms with van der Waals surface area (Å²) in [5.74, 6) is -0.515. The van der Waals surface area contributed by atoms with Gasteiger partial charge in [-0.15, -0.1) is 0 Å². The van der Waals surface area contributed by atoms with Crippen molar-refractivity contribution in [2.45, 2.75) is 6.10 Å². The molecule has 0 fully saturated rings. The summed E-state index contributed by atoms with van der Waals surface area (Å²) in [6.45, 7) is 0. The summed E-state index contributed by atoms with van der Waals surface area (Å²) in [5.41, 5.74) is 2.59. The van der Waals surface area contributed by atoms with Crippen LogP contribution in [0.5, 0.6) is 5.75 Å². The first-order valence-electron chi connectivity index (χ1n) is 9.55. The molecule has 0 aliphatic heterocycles. The minimum Gasteiger partial charge on any atom is -0.497 e. The number of aromatic nitrogens is 2. The number of methoxy groups -OCH3 is 1. The first kappa shape index (κ1) is 20.0. The number of anilines is 1. The Morgan fingerprint density at radius 3 is 2.42 bits per heavy atom. The molecule has 1 amide bonds. The van der Waals surface area contributed by atoms with Crippen LogP contribution in [0.1, 0.15) is 22.0 Å². The standard InChI is InChI=1S/C24H19N3O4/c1-30-19-9-5-8-18(15-19)27-23(28)22(16-6-3-2-4-7-16)31-24(29)17-10-11-20-21(14-17)26-13-12-25-20/h2-15,22H,1H3,(H,27,28)/t22-/m0/s1. The van der Waals surface area contributed by atoms with Crippen LogP contribution in [-0.2, 0) is 9.53 Å². The summed E-state index contributed by atoms with van der Waals surface area (Å²) in [6.07, 6.45) is 1.98. The topological polar surface area (TPSA) is 90.4 Å². The number of ether oxygens (including phenoxy) is 2. The van der Waals surface area contributed by atoms with Crippen molar-refractivity contribution in [2.75, 3.05) is 12.4 Å². The molecular weight excluding hydrogens is 394 g/mol. The van der Waals surface area contributed by atoms with Crippen LogP contribution in [-0.4, -0.2) is 29.0 Å². The number of carbonyl (C=O) groups excluding carboxylic acids is 2. The molecule has 0 spiro atoms. The van der Waals surface area contributed by atoms with Gasteiger partial charge in [0.05, 0.1) is 23.7 Å². The predicted octanol–water partition coefficient (Wildman–Crippen LogP) is 4.18. The number of nitrogens with one attached hydrogen (secondary N) is 1. The first-order valence-corrected chi connectivity index (χ1v) is 9.55. The van der Waals surface area contributed by atoms with Crippen LogP contribution in [0.25, 0.3) is 11.0 Å². The third-order valence-corrected chi connectivity index (χ3v) is 4.61. The smallest absolute Gasteiger partial charge is 0.339 e. The van der Waals surface area contributed by atoms with Gasteiger partial charge in [-0.2, -0.15) is 0 Å². The largest absolute Gasteiger partial charge is 0.497 e. The van der Waals surface area contributed by atoms with Crippen molar-refractivity contribution < 1.29 is 19.1 Å². The molecule has 0 saturated heterocycles. The van der Waals surface area contributed by atoms with Gasteiger partial charge in [-0.1, -0.05) is 36.4 Å². The molecule has 0 saturated carbocycles. The molecule has 0 aliphatic rings. The van der Waals surface area contributed by atoms with E-state index in [4.69, 9.17) is 9.47 Å². The fourth-order valence-corrected chi connectivity index (χ4v) is 3.07. The predicted molar refractivity (Wildman–Crippen MR) is 116 cm³/mol. The average Bonchev–Trinajstić information content (AvgIpc) is 2.82. The second-order valence-corrected chi connectivity index (χ2v) is 6.68. The van der Waals surface area contributed by atoms with Crippen molar-refractivity contribution in [1.82, 2.24) is 9.97 Å². The van der Waals surface area contributed by atoms with Crippen LogP contribution in [0, 0.1) is 0 Å². The molecule has 1 heterocycles. The highest BCUT2D eigenvalue weighted by Gasteiger charge is 2.26. The van der Waals surface area contributed by atoms with E-state index < -0.39 is 18.0 Å². The highest BCUT2D eigenvalue weighted by Crippen LogP contribution is 2.24. The number of esters is 1. The molecule has 154 valence electrons. The zero-order chi connectivity index (χ0) is 21.6. The minimum absolute atomic E-state index is 0.281. The molecule has 0 bridgehead atoms. The molecule has 1 atom stereocenters. The summed E-state index contributed by atoms with van der Waals surface area (Å²) in [5, 5.41) is 2.78. The number of benzene rings is 3. The van der Waals surface area contributed by atoms with E-state index in [1.165, 1.54) is 0 Å². The molecule has 7 heteroatoms. The fourth-order valence-electron chi connectivity index (χ4n) is 3.07. The quantitative estimate of drug-likeness (QED) is 0.477. The van der Waals surface area contributed by atoms with E-state index in [1.807, 2.05) is 6.07 Å². The maximum atomic E-state index is 13.0. The lowest BCUT2D eigenvalue weighted by Crippen LogP contribution is -2.26. The molecule has 1 N–H and O–H groups in total. The fraction of sp³-hybridized carbons (Fsp3) is 0.0833. The lowest BCUT2D eigenvalue weighted by atomic mass is 10.1. The third-order valence-electron chi connectivity index (χ3n) is 4.61. The third kappa shape index (κ3) is 4.67. The van der Waals surface area contributed by atoms with Gasteiger partial charge >= 0.3 is 5.97 Å². The number of nitrogens with zero attached hydrogens (tertiary/aromatic N) is 2. The molecule has 3 aromatic carbocycles. The van der Waals surface area contributed by atoms with Crippen molar-refractivity contribution in [2.24, 2.45) is 0 Å². The Balaban J connectivity index is 1.59. The Hall–Kier alpha value is -4.26. The van der Waals surface area contributed by atoms with Crippen molar-refractivity contribution >= 4 is 28.6 Å². The molecule has 31 heavy (non-hydrogen) atoms. The highest BCUT2D eigenvalue weighted by atomic mass is 16.5. The van der Waals surface area contributed by atoms with Crippen molar-refractivity contribution in [3.63, 3.8) is 0 Å². The van der Waals surface area contributed by atoms with E-state index >= 15 is 0 Å². The van der Waals surface area contributed by atoms with Gasteiger partial charge in [-0.05, 0) is 30.3 Å². The Bertz CT molecular complexity index is 1230. The Labute approximate surface area is 178 Å². The number of amides is 1. The average molecular weight is 413 g/mol. The van der Waals surface area contributed by atoms with Crippen LogP contribution < -0.4 is 10.1 Å². The zero-order valence-corrected chi connectivity index (χ0v) is 16.7. The van der Waals surface area contributed by atoms with Gasteiger partial charge in [0.15, 0.2) is 0 Å². The zero-order valence-electron chi connectivity index (χ0n) is 16.7. The van der Waals surface area contributed by atoms with Crippen molar-refractivity contribution in [3.05, 3.63) is 96.3 Å². The Morgan fingerprint density at radius 2 is 1.65 bits per heavy atom. The second kappa shape index (κ2) is 9.04. The summed E-state index contributed by atoms with van der Waals surface area (Å²) >= 11 is 0. The molecule has 7 nitrogen and oxygen atoms in total. The highest BCUT2D eigenvalue weighted by molar-refractivity contribution is 5.99. The molecule has 0 radical (unpaired) electrons. The Kier molecular flexibility index (Phi) is 5.84. The molecule has 4 aromatic rings. The van der Waals surface area contributed by atoms with Gasteiger partial charge in [0.25, 0.3) is 5.91 Å². The molecule has 4 rings (SSSR count). The molecular formula is C24H19N3O4. The van der Waals surface area contributed by atoms with Gasteiger partial charge in [-0.25, -0.2) is 4.79 Å². The van der Waals surface area contributed by atoms with Crippen LogP contribution in [0.2, 0.25) is 0 Å². The maximum absolute atomic E-state index is 13.0. The van der Waals surface area contributed by atoms with Crippen LogP contribution in [0.15, 0.2) is 85.2 Å². The van der Waals surface area contributed by atoms with Gasteiger partial charge < -0.3 is 14.8 Å². The van der Waals surface area contributed by atoms with Crippen molar-refractivity contribution in [3.8, 4) is 5.75 Å².